The van der Waals surface area contributed by atoms with Crippen LogP contribution in [0.4, 0.5) is 11.4 Å². The standard InChI is InChI=1S/C20H16Cl4N2O6S/c1-9(27)25(10(2)28)19-15(21)5-13(6-16(19)22)33(31,32)14-7-17(23)20(18(24)8-14)26(11(3)29)12(4)30/h5-8H,1-4H3. The van der Waals surface area contributed by atoms with Crippen molar-refractivity contribution in [3.8, 4) is 0 Å². The summed E-state index contributed by atoms with van der Waals surface area (Å²) in [7, 11) is -4.31. The molecule has 2 aromatic rings. The molecule has 4 amide bonds. The van der Waals surface area contributed by atoms with Gasteiger partial charge in [0.1, 0.15) is 0 Å². The van der Waals surface area contributed by atoms with Gasteiger partial charge in [-0.1, -0.05) is 46.4 Å². The van der Waals surface area contributed by atoms with E-state index in [9.17, 15) is 27.6 Å². The van der Waals surface area contributed by atoms with Crippen molar-refractivity contribution < 1.29 is 27.6 Å². The number of sulfone groups is 1. The maximum atomic E-state index is 13.2. The first kappa shape index (κ1) is 27.1. The van der Waals surface area contributed by atoms with Crippen LogP contribution in [0.25, 0.3) is 0 Å². The Kier molecular flexibility index (Phi) is 8.19. The largest absolute Gasteiger partial charge is 0.274 e. The van der Waals surface area contributed by atoms with Crippen molar-refractivity contribution in [2.45, 2.75) is 37.5 Å². The van der Waals surface area contributed by atoms with Crippen molar-refractivity contribution in [1.82, 2.24) is 0 Å². The van der Waals surface area contributed by atoms with Crippen LogP contribution < -0.4 is 9.80 Å². The molecule has 2 rings (SSSR count). The second kappa shape index (κ2) is 9.99. The summed E-state index contributed by atoms with van der Waals surface area (Å²) in [6.45, 7) is 4.48. The summed E-state index contributed by atoms with van der Waals surface area (Å²) in [5.41, 5.74) is -0.329. The molecule has 0 radical (unpaired) electrons. The summed E-state index contributed by atoms with van der Waals surface area (Å²) < 4.78 is 26.4. The molecule has 0 saturated carbocycles. The van der Waals surface area contributed by atoms with Gasteiger partial charge in [0.05, 0.1) is 41.3 Å². The van der Waals surface area contributed by atoms with Crippen molar-refractivity contribution in [2.24, 2.45) is 0 Å². The van der Waals surface area contributed by atoms with Gasteiger partial charge in [-0.2, -0.15) is 0 Å². The van der Waals surface area contributed by atoms with Crippen molar-refractivity contribution in [3.63, 3.8) is 0 Å². The number of imide groups is 2. The third-order valence-corrected chi connectivity index (χ3v) is 7.17. The Morgan fingerprint density at radius 1 is 0.576 bits per heavy atom. The first-order valence-electron chi connectivity index (χ1n) is 8.97. The summed E-state index contributed by atoms with van der Waals surface area (Å²) in [4.78, 5) is 48.0. The molecule has 2 aromatic carbocycles. The summed E-state index contributed by atoms with van der Waals surface area (Å²) in [6, 6.07) is 4.07. The molecule has 0 saturated heterocycles. The molecule has 0 spiro atoms. The predicted octanol–water partition coefficient (Wildman–Crippen LogP) is 4.93. The third kappa shape index (κ3) is 5.33. The van der Waals surface area contributed by atoms with E-state index in [1.807, 2.05) is 0 Å². The van der Waals surface area contributed by atoms with Crippen LogP contribution in [-0.4, -0.2) is 32.0 Å². The fourth-order valence-electron chi connectivity index (χ4n) is 3.03. The molecule has 8 nitrogen and oxygen atoms in total. The van der Waals surface area contributed by atoms with Gasteiger partial charge in [0.25, 0.3) is 0 Å². The quantitative estimate of drug-likeness (QED) is 0.531. The van der Waals surface area contributed by atoms with Gasteiger partial charge in [0.2, 0.25) is 33.5 Å². The molecule has 13 heteroatoms. The number of carbonyl (C=O) groups excluding carboxylic acids is 4. The number of hydrogen-bond acceptors (Lipinski definition) is 6. The number of anilines is 2. The molecule has 0 N–H and O–H groups in total. The Labute approximate surface area is 209 Å². The van der Waals surface area contributed by atoms with Crippen LogP contribution in [0.2, 0.25) is 20.1 Å². The molecule has 0 heterocycles. The molecule has 0 atom stereocenters. The summed E-state index contributed by atoms with van der Waals surface area (Å²) in [6.07, 6.45) is 0. The molecule has 0 unspecified atom stereocenters. The van der Waals surface area contributed by atoms with Crippen LogP contribution in [0.3, 0.4) is 0 Å². The second-order valence-corrected chi connectivity index (χ2v) is 10.3. The Hall–Kier alpha value is -2.17. The summed E-state index contributed by atoms with van der Waals surface area (Å²) >= 11 is 24.7. The lowest BCUT2D eigenvalue weighted by atomic mass is 10.2. The molecular formula is C20H16Cl4N2O6S. The van der Waals surface area contributed by atoms with Gasteiger partial charge in [0, 0.05) is 27.7 Å². The van der Waals surface area contributed by atoms with Crippen LogP contribution in [0.1, 0.15) is 27.7 Å². The van der Waals surface area contributed by atoms with E-state index in [1.165, 1.54) is 0 Å². The lowest BCUT2D eigenvalue weighted by Gasteiger charge is -2.22. The lowest BCUT2D eigenvalue weighted by molar-refractivity contribution is -0.125. The van der Waals surface area contributed by atoms with Crippen LogP contribution in [0, 0.1) is 0 Å². The van der Waals surface area contributed by atoms with Crippen molar-refractivity contribution in [3.05, 3.63) is 44.4 Å². The number of amides is 4. The number of benzene rings is 2. The lowest BCUT2D eigenvalue weighted by Crippen LogP contribution is -2.33. The maximum Gasteiger partial charge on any atom is 0.230 e. The molecule has 0 bridgehead atoms. The highest BCUT2D eigenvalue weighted by Crippen LogP contribution is 2.41. The number of carbonyl (C=O) groups is 4. The average Bonchev–Trinajstić information content (AvgIpc) is 2.65. The predicted molar refractivity (Wildman–Crippen MR) is 126 cm³/mol. The van der Waals surface area contributed by atoms with Crippen molar-refractivity contribution in [2.75, 3.05) is 9.80 Å². The Bertz CT molecular complexity index is 1140. The monoisotopic (exact) mass is 552 g/mol. The first-order chi connectivity index (χ1) is 15.1. The van der Waals surface area contributed by atoms with E-state index in [4.69, 9.17) is 46.4 Å². The van der Waals surface area contributed by atoms with Gasteiger partial charge in [-0.15, -0.1) is 0 Å². The minimum Gasteiger partial charge on any atom is -0.274 e. The normalized spacial score (nSPS) is 11.2. The Morgan fingerprint density at radius 2 is 0.788 bits per heavy atom. The van der Waals surface area contributed by atoms with E-state index in [2.05, 4.69) is 0 Å². The molecule has 0 aliphatic rings. The highest BCUT2D eigenvalue weighted by Gasteiger charge is 2.29. The van der Waals surface area contributed by atoms with Crippen LogP contribution in [0.15, 0.2) is 34.1 Å². The fourth-order valence-corrected chi connectivity index (χ4v) is 5.97. The smallest absolute Gasteiger partial charge is 0.230 e. The van der Waals surface area contributed by atoms with E-state index in [1.54, 1.807) is 0 Å². The molecule has 0 fully saturated rings. The van der Waals surface area contributed by atoms with Gasteiger partial charge >= 0.3 is 0 Å². The van der Waals surface area contributed by atoms with Gasteiger partial charge in [-0.3, -0.25) is 19.2 Å². The minimum atomic E-state index is -4.31. The van der Waals surface area contributed by atoms with Crippen molar-refractivity contribution >= 4 is 91.2 Å². The van der Waals surface area contributed by atoms with E-state index in [0.29, 0.717) is 9.80 Å². The Balaban J connectivity index is 2.68. The number of nitrogens with zero attached hydrogens (tertiary/aromatic N) is 2. The molecular weight excluding hydrogens is 538 g/mol. The van der Waals surface area contributed by atoms with Crippen molar-refractivity contribution in [1.29, 1.82) is 0 Å². The fraction of sp³-hybridized carbons (Fsp3) is 0.200. The van der Waals surface area contributed by atoms with Crippen LogP contribution >= 0.6 is 46.4 Å². The summed E-state index contributed by atoms with van der Waals surface area (Å²) in [5.74, 6) is -2.68. The SMILES string of the molecule is CC(=O)N(C(C)=O)c1c(Cl)cc(S(=O)(=O)c2cc(Cl)c(N(C(C)=O)C(C)=O)c(Cl)c2)cc1Cl. The first-order valence-corrected chi connectivity index (χ1v) is 12.0. The van der Waals surface area contributed by atoms with E-state index in [-0.39, 0.29) is 41.3 Å². The minimum absolute atomic E-state index is 0.165. The van der Waals surface area contributed by atoms with Gasteiger partial charge in [0.15, 0.2) is 0 Å². The van der Waals surface area contributed by atoms with Gasteiger partial charge in [-0.25, -0.2) is 18.2 Å². The maximum absolute atomic E-state index is 13.2. The van der Waals surface area contributed by atoms with Gasteiger partial charge < -0.3 is 0 Å². The second-order valence-electron chi connectivity index (χ2n) is 6.72. The summed E-state index contributed by atoms with van der Waals surface area (Å²) in [5, 5.41) is -1.06. The number of hydrogen-bond donors (Lipinski definition) is 0. The number of halogens is 4. The topological polar surface area (TPSA) is 109 Å². The highest BCUT2D eigenvalue weighted by atomic mass is 35.5. The third-order valence-electron chi connectivity index (χ3n) is 4.31. The highest BCUT2D eigenvalue weighted by molar-refractivity contribution is 7.91. The number of rotatable bonds is 4. The zero-order chi connectivity index (χ0) is 25.4. The molecule has 33 heavy (non-hydrogen) atoms. The van der Waals surface area contributed by atoms with Gasteiger partial charge in [-0.05, 0) is 24.3 Å². The van der Waals surface area contributed by atoms with E-state index >= 15 is 0 Å². The average molecular weight is 554 g/mol. The van der Waals surface area contributed by atoms with Crippen LogP contribution in [0.5, 0.6) is 0 Å². The molecule has 0 aliphatic carbocycles. The van der Waals surface area contributed by atoms with Crippen LogP contribution in [-0.2, 0) is 29.0 Å². The van der Waals surface area contributed by atoms with E-state index in [0.717, 1.165) is 52.0 Å². The molecule has 176 valence electrons. The molecule has 0 aliphatic heterocycles. The Morgan fingerprint density at radius 3 is 0.970 bits per heavy atom. The molecule has 0 aromatic heterocycles. The van der Waals surface area contributed by atoms with E-state index < -0.39 is 33.5 Å². The zero-order valence-electron chi connectivity index (χ0n) is 17.6. The zero-order valence-corrected chi connectivity index (χ0v) is 21.4.